The lowest BCUT2D eigenvalue weighted by Crippen LogP contribution is -2.38. The van der Waals surface area contributed by atoms with Gasteiger partial charge in [0.15, 0.2) is 0 Å². The molecule has 0 radical (unpaired) electrons. The number of imide groups is 1. The molecule has 1 aromatic rings. The van der Waals surface area contributed by atoms with E-state index in [0.29, 0.717) is 37.7 Å². The van der Waals surface area contributed by atoms with Crippen LogP contribution in [0, 0.1) is 23.7 Å². The number of nitrogens with zero attached hydrogens (tertiary/aromatic N) is 2. The van der Waals surface area contributed by atoms with Crippen LogP contribution in [0.5, 0.6) is 0 Å². The van der Waals surface area contributed by atoms with E-state index in [0.717, 1.165) is 6.42 Å². The molecular formula is C20H19N2O5-. The lowest BCUT2D eigenvalue weighted by Gasteiger charge is -2.31. The molecule has 140 valence electrons. The molecule has 7 heteroatoms. The predicted molar refractivity (Wildman–Crippen MR) is 94.0 cm³/mol. The summed E-state index contributed by atoms with van der Waals surface area (Å²) >= 11 is 0. The summed E-state index contributed by atoms with van der Waals surface area (Å²) in [6, 6.07) is 4.71. The molecule has 0 aromatic heterocycles. The van der Waals surface area contributed by atoms with Crippen molar-refractivity contribution in [3.05, 3.63) is 35.9 Å². The Morgan fingerprint density at radius 2 is 1.67 bits per heavy atom. The minimum atomic E-state index is -1.32. The van der Waals surface area contributed by atoms with E-state index in [1.54, 1.807) is 12.1 Å². The smallest absolute Gasteiger partial charge is 0.238 e. The van der Waals surface area contributed by atoms with Crippen LogP contribution < -0.4 is 14.9 Å². The van der Waals surface area contributed by atoms with Gasteiger partial charge in [0, 0.05) is 24.3 Å². The molecule has 7 nitrogen and oxygen atoms in total. The number of anilines is 2. The van der Waals surface area contributed by atoms with Gasteiger partial charge in [0.1, 0.15) is 0 Å². The summed E-state index contributed by atoms with van der Waals surface area (Å²) in [6.07, 6.45) is 4.93. The number of carbonyl (C=O) groups is 3. The zero-order valence-corrected chi connectivity index (χ0v) is 14.7. The van der Waals surface area contributed by atoms with Gasteiger partial charge in [-0.05, 0) is 36.5 Å². The van der Waals surface area contributed by atoms with Crippen molar-refractivity contribution in [2.75, 3.05) is 36.1 Å². The zero-order valence-electron chi connectivity index (χ0n) is 14.7. The van der Waals surface area contributed by atoms with Crippen molar-refractivity contribution in [2.45, 2.75) is 6.42 Å². The molecular weight excluding hydrogens is 348 g/mol. The second-order valence-corrected chi connectivity index (χ2v) is 7.60. The highest BCUT2D eigenvalue weighted by Crippen LogP contribution is 2.53. The number of carboxylic acids is 1. The standard InChI is InChI=1S/C20H20N2O5/c23-18-16-11-1-2-12(9-11)17(16)19(24)22(18)13-3-4-15(14(10-13)20(25)26)21-5-7-27-8-6-21/h1-4,10-12,16-17H,5-9H2,(H,25,26)/p-1/t11-,12-,16-,17+/m0/s1. The average Bonchev–Trinajstić information content (AvgIpc) is 3.36. The normalized spacial score (nSPS) is 31.7. The Bertz CT molecular complexity index is 843. The largest absolute Gasteiger partial charge is 0.545 e. The fourth-order valence-electron chi connectivity index (χ4n) is 5.06. The number of carboxylic acid groups (broad SMARTS) is 1. The lowest BCUT2D eigenvalue weighted by molar-refractivity contribution is -0.255. The summed E-state index contributed by atoms with van der Waals surface area (Å²) in [5.41, 5.74) is 0.839. The second kappa shape index (κ2) is 5.92. The predicted octanol–water partition coefficient (Wildman–Crippen LogP) is 0.198. The monoisotopic (exact) mass is 367 g/mol. The molecule has 2 bridgehead atoms. The number of morpholine rings is 1. The number of rotatable bonds is 3. The van der Waals surface area contributed by atoms with Crippen molar-refractivity contribution >= 4 is 29.2 Å². The minimum absolute atomic E-state index is 0.00634. The number of carbonyl (C=O) groups excluding carboxylic acids is 3. The van der Waals surface area contributed by atoms with Crippen LogP contribution in [0.25, 0.3) is 0 Å². The molecule has 2 saturated heterocycles. The van der Waals surface area contributed by atoms with E-state index in [4.69, 9.17) is 4.74 Å². The molecule has 2 amide bonds. The number of aromatic carboxylic acids is 1. The molecule has 2 aliphatic carbocycles. The van der Waals surface area contributed by atoms with Gasteiger partial charge in [-0.1, -0.05) is 12.2 Å². The Kier molecular flexibility index (Phi) is 3.62. The van der Waals surface area contributed by atoms with Gasteiger partial charge in [-0.2, -0.15) is 0 Å². The molecule has 0 unspecified atom stereocenters. The van der Waals surface area contributed by atoms with Crippen molar-refractivity contribution in [3.8, 4) is 0 Å². The topological polar surface area (TPSA) is 90.0 Å². The highest BCUT2D eigenvalue weighted by Gasteiger charge is 2.59. The fraction of sp³-hybridized carbons (Fsp3) is 0.450. The average molecular weight is 367 g/mol. The zero-order chi connectivity index (χ0) is 18.7. The Balaban J connectivity index is 1.51. The summed E-state index contributed by atoms with van der Waals surface area (Å²) in [5, 5.41) is 11.7. The van der Waals surface area contributed by atoms with Crippen LogP contribution in [0.3, 0.4) is 0 Å². The first-order valence-electron chi connectivity index (χ1n) is 9.30. The Hall–Kier alpha value is -2.67. The maximum atomic E-state index is 12.9. The van der Waals surface area contributed by atoms with Crippen molar-refractivity contribution in [1.82, 2.24) is 0 Å². The Morgan fingerprint density at radius 3 is 2.26 bits per heavy atom. The van der Waals surface area contributed by atoms with Gasteiger partial charge >= 0.3 is 0 Å². The minimum Gasteiger partial charge on any atom is -0.545 e. The van der Waals surface area contributed by atoms with E-state index in [9.17, 15) is 19.5 Å². The molecule has 2 aliphatic heterocycles. The summed E-state index contributed by atoms with van der Waals surface area (Å²) < 4.78 is 5.31. The van der Waals surface area contributed by atoms with Gasteiger partial charge in [0.05, 0.1) is 36.7 Å². The van der Waals surface area contributed by atoms with Gasteiger partial charge in [-0.25, -0.2) is 4.90 Å². The number of hydrogen-bond acceptors (Lipinski definition) is 6. The van der Waals surface area contributed by atoms with Crippen molar-refractivity contribution in [2.24, 2.45) is 23.7 Å². The third kappa shape index (κ3) is 2.34. The first-order valence-corrected chi connectivity index (χ1v) is 9.30. The van der Waals surface area contributed by atoms with Crippen LogP contribution in [0.2, 0.25) is 0 Å². The molecule has 5 rings (SSSR count). The van der Waals surface area contributed by atoms with E-state index in [2.05, 4.69) is 0 Å². The van der Waals surface area contributed by atoms with Crippen LogP contribution in [0.4, 0.5) is 11.4 Å². The van der Waals surface area contributed by atoms with E-state index < -0.39 is 5.97 Å². The van der Waals surface area contributed by atoms with E-state index >= 15 is 0 Å². The van der Waals surface area contributed by atoms with Gasteiger partial charge in [-0.15, -0.1) is 0 Å². The Morgan fingerprint density at radius 1 is 1.04 bits per heavy atom. The van der Waals surface area contributed by atoms with Crippen molar-refractivity contribution in [3.63, 3.8) is 0 Å². The van der Waals surface area contributed by atoms with Gasteiger partial charge in [-0.3, -0.25) is 9.59 Å². The molecule has 3 fully saturated rings. The molecule has 1 aromatic carbocycles. The molecule has 2 heterocycles. The molecule has 0 N–H and O–H groups in total. The fourth-order valence-corrected chi connectivity index (χ4v) is 5.06. The summed E-state index contributed by atoms with van der Waals surface area (Å²) in [5.74, 6) is -2.13. The molecule has 27 heavy (non-hydrogen) atoms. The molecule has 4 aliphatic rings. The second-order valence-electron chi connectivity index (χ2n) is 7.60. The SMILES string of the molecule is O=C([O-])c1cc(N2C(=O)[C@@H]3[C@H](C2=O)[C@H]2C=C[C@H]3C2)ccc1N1CCOCC1. The Labute approximate surface area is 156 Å². The first-order chi connectivity index (χ1) is 13.1. The third-order valence-corrected chi connectivity index (χ3v) is 6.28. The maximum absolute atomic E-state index is 12.9. The van der Waals surface area contributed by atoms with Crippen LogP contribution in [-0.4, -0.2) is 44.1 Å². The quantitative estimate of drug-likeness (QED) is 0.560. The van der Waals surface area contributed by atoms with Crippen LogP contribution in [0.1, 0.15) is 16.8 Å². The van der Waals surface area contributed by atoms with Crippen LogP contribution >= 0.6 is 0 Å². The third-order valence-electron chi connectivity index (χ3n) is 6.28. The first kappa shape index (κ1) is 16.5. The van der Waals surface area contributed by atoms with Crippen molar-refractivity contribution in [1.29, 1.82) is 0 Å². The number of ether oxygens (including phenoxy) is 1. The number of hydrogen-bond donors (Lipinski definition) is 0. The highest BCUT2D eigenvalue weighted by molar-refractivity contribution is 6.23. The molecule has 0 spiro atoms. The van der Waals surface area contributed by atoms with Crippen molar-refractivity contribution < 1.29 is 24.2 Å². The van der Waals surface area contributed by atoms with E-state index in [1.807, 2.05) is 17.1 Å². The van der Waals surface area contributed by atoms with Gasteiger partial charge < -0.3 is 19.5 Å². The molecule has 4 atom stereocenters. The number of amides is 2. The van der Waals surface area contributed by atoms with Gasteiger partial charge in [0.2, 0.25) is 11.8 Å². The van der Waals surface area contributed by atoms with Crippen LogP contribution in [-0.2, 0) is 14.3 Å². The van der Waals surface area contributed by atoms with Crippen LogP contribution in [0.15, 0.2) is 30.4 Å². The lowest BCUT2D eigenvalue weighted by atomic mass is 9.85. The van der Waals surface area contributed by atoms with E-state index in [-0.39, 0.29) is 41.0 Å². The highest BCUT2D eigenvalue weighted by atomic mass is 16.5. The number of benzene rings is 1. The van der Waals surface area contributed by atoms with Gasteiger partial charge in [0.25, 0.3) is 0 Å². The maximum Gasteiger partial charge on any atom is 0.238 e. The number of allylic oxidation sites excluding steroid dienone is 2. The summed E-state index contributed by atoms with van der Waals surface area (Å²) in [7, 11) is 0. The summed E-state index contributed by atoms with van der Waals surface area (Å²) in [6.45, 7) is 2.22. The number of fused-ring (bicyclic) bond motifs is 5. The summed E-state index contributed by atoms with van der Waals surface area (Å²) in [4.78, 5) is 40.7. The van der Waals surface area contributed by atoms with E-state index in [1.165, 1.54) is 11.0 Å². The molecule has 1 saturated carbocycles.